The molecule has 2 aliphatic heterocycles. The molecule has 0 fully saturated rings. The predicted molar refractivity (Wildman–Crippen MR) is 114 cm³/mol. The average Bonchev–Trinajstić information content (AvgIpc) is 2.99. The topological polar surface area (TPSA) is 60.0 Å². The molecule has 1 atom stereocenters. The lowest BCUT2D eigenvalue weighted by Crippen LogP contribution is -2.52. The SMILES string of the molecule is N[N+]12C=CN=CC1=C(C1=CC=C1)N=C2C#Cc1ccc(Oc2ccccc2)cc1. The number of nitrogens with two attached hydrogens (primary N) is 1. The number of benzene rings is 2. The second-order valence-electron chi connectivity index (χ2n) is 6.69. The van der Waals surface area contributed by atoms with Crippen LogP contribution in [0.2, 0.25) is 0 Å². The van der Waals surface area contributed by atoms with E-state index in [1.54, 1.807) is 18.6 Å². The van der Waals surface area contributed by atoms with Gasteiger partial charge in [0.15, 0.2) is 0 Å². The lowest BCUT2D eigenvalue weighted by molar-refractivity contribution is -0.749. The molecular weight excluding hydrogens is 360 g/mol. The van der Waals surface area contributed by atoms with Crippen molar-refractivity contribution in [3.05, 3.63) is 108 Å². The van der Waals surface area contributed by atoms with Gasteiger partial charge in [0.2, 0.25) is 5.70 Å². The Morgan fingerprint density at radius 2 is 1.69 bits per heavy atom. The number of nitrogens with zero attached hydrogens (tertiary/aromatic N) is 3. The minimum Gasteiger partial charge on any atom is -0.457 e. The molecule has 0 amide bonds. The van der Waals surface area contributed by atoms with Crippen LogP contribution >= 0.6 is 0 Å². The Balaban J connectivity index is 1.39. The molecule has 2 N–H and O–H groups in total. The fourth-order valence-electron chi connectivity index (χ4n) is 3.14. The third-order valence-electron chi connectivity index (χ3n) is 4.77. The first-order valence-electron chi connectivity index (χ1n) is 9.18. The van der Waals surface area contributed by atoms with Crippen LogP contribution in [0.5, 0.6) is 11.5 Å². The van der Waals surface area contributed by atoms with Crippen molar-refractivity contribution < 1.29 is 9.33 Å². The molecule has 0 radical (unpaired) electrons. The van der Waals surface area contributed by atoms with Crippen molar-refractivity contribution in [1.29, 1.82) is 0 Å². The number of ether oxygens (including phenoxy) is 1. The van der Waals surface area contributed by atoms with Gasteiger partial charge in [-0.1, -0.05) is 42.3 Å². The second-order valence-corrected chi connectivity index (χ2v) is 6.69. The van der Waals surface area contributed by atoms with E-state index < -0.39 is 0 Å². The molecule has 1 unspecified atom stereocenters. The Kier molecular flexibility index (Phi) is 4.07. The maximum absolute atomic E-state index is 6.59. The molecule has 0 saturated carbocycles. The first-order valence-corrected chi connectivity index (χ1v) is 9.18. The van der Waals surface area contributed by atoms with E-state index in [1.807, 2.05) is 72.8 Å². The van der Waals surface area contributed by atoms with Gasteiger partial charge in [-0.25, -0.2) is 0 Å². The maximum atomic E-state index is 6.59. The Bertz CT molecular complexity index is 1220. The van der Waals surface area contributed by atoms with E-state index in [4.69, 9.17) is 15.6 Å². The molecular formula is C24H17N4O+. The summed E-state index contributed by atoms with van der Waals surface area (Å²) in [6.07, 6.45) is 11.2. The lowest BCUT2D eigenvalue weighted by atomic mass is 10.0. The van der Waals surface area contributed by atoms with Gasteiger partial charge >= 0.3 is 5.84 Å². The van der Waals surface area contributed by atoms with E-state index in [2.05, 4.69) is 16.8 Å². The van der Waals surface area contributed by atoms with Crippen LogP contribution < -0.4 is 10.6 Å². The first kappa shape index (κ1) is 17.1. The zero-order chi connectivity index (χ0) is 19.7. The van der Waals surface area contributed by atoms with Gasteiger partial charge in [-0.3, -0.25) is 4.99 Å². The van der Waals surface area contributed by atoms with Gasteiger partial charge < -0.3 is 4.74 Å². The van der Waals surface area contributed by atoms with Crippen LogP contribution in [0, 0.1) is 11.8 Å². The number of hydrogen-bond acceptors (Lipinski definition) is 4. The summed E-state index contributed by atoms with van der Waals surface area (Å²) in [5, 5.41) is 0. The van der Waals surface area contributed by atoms with Crippen molar-refractivity contribution in [1.82, 2.24) is 0 Å². The molecule has 0 bridgehead atoms. The summed E-state index contributed by atoms with van der Waals surface area (Å²) in [5.41, 5.74) is 3.53. The summed E-state index contributed by atoms with van der Waals surface area (Å²) in [5.74, 6) is 15.0. The van der Waals surface area contributed by atoms with Gasteiger partial charge in [-0.2, -0.15) is 10.8 Å². The van der Waals surface area contributed by atoms with Crippen molar-refractivity contribution in [2.75, 3.05) is 0 Å². The largest absolute Gasteiger partial charge is 0.457 e. The van der Waals surface area contributed by atoms with Crippen LogP contribution in [-0.2, 0) is 0 Å². The predicted octanol–water partition coefficient (Wildman–Crippen LogP) is 4.20. The van der Waals surface area contributed by atoms with E-state index in [1.165, 1.54) is 0 Å². The Labute approximate surface area is 168 Å². The fourth-order valence-corrected chi connectivity index (χ4v) is 3.14. The van der Waals surface area contributed by atoms with E-state index >= 15 is 0 Å². The number of rotatable bonds is 3. The summed E-state index contributed by atoms with van der Waals surface area (Å²) in [6, 6.07) is 17.3. The molecule has 2 heterocycles. The van der Waals surface area contributed by atoms with E-state index in [0.717, 1.165) is 34.0 Å². The minimum absolute atomic E-state index is 0.0633. The third-order valence-corrected chi connectivity index (χ3v) is 4.77. The van der Waals surface area contributed by atoms with Crippen LogP contribution in [0.4, 0.5) is 0 Å². The lowest BCUT2D eigenvalue weighted by Gasteiger charge is -2.23. The number of amidine groups is 1. The molecule has 2 aromatic rings. The molecule has 5 rings (SSSR count). The molecule has 5 heteroatoms. The first-order chi connectivity index (χ1) is 14.2. The molecule has 29 heavy (non-hydrogen) atoms. The average molecular weight is 377 g/mol. The van der Waals surface area contributed by atoms with Gasteiger partial charge in [0.1, 0.15) is 23.4 Å². The van der Waals surface area contributed by atoms with Crippen molar-refractivity contribution in [2.24, 2.45) is 15.8 Å². The fraction of sp³-hybridized carbons (Fsp3) is 0. The summed E-state index contributed by atoms with van der Waals surface area (Å²) in [7, 11) is 0. The molecule has 0 saturated heterocycles. The van der Waals surface area contributed by atoms with Gasteiger partial charge in [-0.15, -0.1) is 4.59 Å². The summed E-state index contributed by atoms with van der Waals surface area (Å²) in [6.45, 7) is 0. The van der Waals surface area contributed by atoms with Crippen LogP contribution in [0.3, 0.4) is 0 Å². The van der Waals surface area contributed by atoms with Gasteiger partial charge in [-0.05, 0) is 36.4 Å². The molecule has 138 valence electrons. The highest BCUT2D eigenvalue weighted by Crippen LogP contribution is 2.34. The smallest absolute Gasteiger partial charge is 0.311 e. The quantitative estimate of drug-likeness (QED) is 0.495. The zero-order valence-electron chi connectivity index (χ0n) is 15.5. The van der Waals surface area contributed by atoms with E-state index in [0.29, 0.717) is 5.84 Å². The maximum Gasteiger partial charge on any atom is 0.311 e. The number of para-hydroxylation sites is 1. The van der Waals surface area contributed by atoms with Crippen molar-refractivity contribution in [3.63, 3.8) is 0 Å². The van der Waals surface area contributed by atoms with Crippen molar-refractivity contribution >= 4 is 12.1 Å². The summed E-state index contributed by atoms with van der Waals surface area (Å²) < 4.78 is 5.76. The molecule has 5 nitrogen and oxygen atoms in total. The normalized spacial score (nSPS) is 21.0. The number of quaternary nitrogens is 1. The van der Waals surface area contributed by atoms with E-state index in [9.17, 15) is 0 Å². The van der Waals surface area contributed by atoms with Crippen LogP contribution in [0.15, 0.2) is 112 Å². The van der Waals surface area contributed by atoms with Crippen LogP contribution in [-0.4, -0.2) is 16.6 Å². The Morgan fingerprint density at radius 3 is 2.41 bits per heavy atom. The summed E-state index contributed by atoms with van der Waals surface area (Å²) in [4.78, 5) is 8.90. The van der Waals surface area contributed by atoms with Crippen LogP contribution in [0.1, 0.15) is 5.56 Å². The standard InChI is InChI=1S/C24H17N4O/c25-28-16-15-26-17-22(28)24(19-5-4-6-19)27-23(28)14-11-18-9-12-21(13-10-18)29-20-7-2-1-3-8-20/h1-10,12-13,15-17H,25H2/q+1. The number of fused-ring (bicyclic) bond motifs is 1. The van der Waals surface area contributed by atoms with Crippen molar-refractivity contribution in [3.8, 4) is 23.3 Å². The molecule has 0 spiro atoms. The van der Waals surface area contributed by atoms with Gasteiger partial charge in [0.05, 0.1) is 12.4 Å². The highest BCUT2D eigenvalue weighted by molar-refractivity contribution is 6.01. The third kappa shape index (κ3) is 3.13. The molecule has 0 aromatic heterocycles. The monoisotopic (exact) mass is 377 g/mol. The minimum atomic E-state index is -0.0633. The second kappa shape index (κ2) is 6.88. The summed E-state index contributed by atoms with van der Waals surface area (Å²) >= 11 is 0. The molecule has 3 aliphatic rings. The number of aliphatic imine (C=N–C) groups is 2. The highest BCUT2D eigenvalue weighted by Gasteiger charge is 2.43. The van der Waals surface area contributed by atoms with Crippen LogP contribution in [0.25, 0.3) is 0 Å². The van der Waals surface area contributed by atoms with Crippen molar-refractivity contribution in [2.45, 2.75) is 0 Å². The molecule has 1 aliphatic carbocycles. The van der Waals surface area contributed by atoms with E-state index in [-0.39, 0.29) is 4.59 Å². The Morgan fingerprint density at radius 1 is 0.931 bits per heavy atom. The number of allylic oxidation sites excluding steroid dienone is 4. The molecule has 2 aromatic carbocycles. The Hall–Kier alpha value is -3.98. The zero-order valence-corrected chi connectivity index (χ0v) is 15.5. The van der Waals surface area contributed by atoms with Gasteiger partial charge in [0, 0.05) is 17.1 Å². The van der Waals surface area contributed by atoms with Gasteiger partial charge in [0.25, 0.3) is 0 Å². The number of hydrogen-bond donors (Lipinski definition) is 1. The highest BCUT2D eigenvalue weighted by atomic mass is 16.5.